The average molecular weight is 274 g/mol. The summed E-state index contributed by atoms with van der Waals surface area (Å²) in [5.74, 6) is -1.40. The standard InChI is InChI=1S/C15H18N2O3/c18-14(17-8-11-3-1-2-6-16-11)12-9-4-5-10(7-9)13(12)15(19)20/h1-3,6,9-10,12-13H,4-5,7-8H2,(H,17,18)(H,19,20)/t9-,10+,12+,13+/m1/s1. The number of aromatic nitrogens is 1. The van der Waals surface area contributed by atoms with E-state index >= 15 is 0 Å². The van der Waals surface area contributed by atoms with Crippen LogP contribution in [0.25, 0.3) is 0 Å². The minimum Gasteiger partial charge on any atom is -0.481 e. The third-order valence-electron chi connectivity index (χ3n) is 4.67. The van der Waals surface area contributed by atoms with Crippen LogP contribution in [0.5, 0.6) is 0 Å². The lowest BCUT2D eigenvalue weighted by Gasteiger charge is -2.26. The van der Waals surface area contributed by atoms with Gasteiger partial charge in [0.25, 0.3) is 0 Å². The smallest absolute Gasteiger partial charge is 0.307 e. The number of hydrogen-bond donors (Lipinski definition) is 2. The van der Waals surface area contributed by atoms with Crippen LogP contribution in [0.3, 0.4) is 0 Å². The number of carbonyl (C=O) groups is 2. The molecule has 1 aromatic rings. The number of pyridine rings is 1. The normalized spacial score (nSPS) is 31.2. The lowest BCUT2D eigenvalue weighted by atomic mass is 9.78. The van der Waals surface area contributed by atoms with Gasteiger partial charge in [-0.1, -0.05) is 6.07 Å². The largest absolute Gasteiger partial charge is 0.481 e. The van der Waals surface area contributed by atoms with E-state index in [1.54, 1.807) is 6.20 Å². The van der Waals surface area contributed by atoms with Gasteiger partial charge in [-0.3, -0.25) is 14.6 Å². The Balaban J connectivity index is 1.66. The molecule has 5 heteroatoms. The molecule has 2 aliphatic rings. The number of fused-ring (bicyclic) bond motifs is 2. The second-order valence-corrected chi connectivity index (χ2v) is 5.76. The Kier molecular flexibility index (Phi) is 3.42. The molecule has 2 bridgehead atoms. The number of carbonyl (C=O) groups excluding carboxylic acids is 1. The number of rotatable bonds is 4. The molecule has 2 N–H and O–H groups in total. The van der Waals surface area contributed by atoms with Crippen molar-refractivity contribution in [3.05, 3.63) is 30.1 Å². The van der Waals surface area contributed by atoms with E-state index in [-0.39, 0.29) is 23.7 Å². The quantitative estimate of drug-likeness (QED) is 0.871. The van der Waals surface area contributed by atoms with E-state index < -0.39 is 11.9 Å². The fourth-order valence-electron chi connectivity index (χ4n) is 3.82. The Morgan fingerprint density at radius 3 is 2.65 bits per heavy atom. The molecule has 0 unspecified atom stereocenters. The summed E-state index contributed by atoms with van der Waals surface area (Å²) in [5.41, 5.74) is 0.788. The number of aliphatic carboxylic acids is 1. The molecule has 20 heavy (non-hydrogen) atoms. The highest BCUT2D eigenvalue weighted by Gasteiger charge is 2.53. The topological polar surface area (TPSA) is 79.3 Å². The second-order valence-electron chi connectivity index (χ2n) is 5.76. The molecule has 1 amide bonds. The first-order valence-electron chi connectivity index (χ1n) is 7.07. The van der Waals surface area contributed by atoms with E-state index in [9.17, 15) is 14.7 Å². The molecule has 0 aliphatic heterocycles. The molecule has 2 saturated carbocycles. The lowest BCUT2D eigenvalue weighted by Crippen LogP contribution is -2.41. The number of amides is 1. The van der Waals surface area contributed by atoms with Crippen LogP contribution in [0, 0.1) is 23.7 Å². The molecule has 2 fully saturated rings. The van der Waals surface area contributed by atoms with E-state index in [4.69, 9.17) is 0 Å². The maximum absolute atomic E-state index is 12.3. The first kappa shape index (κ1) is 13.1. The van der Waals surface area contributed by atoms with Crippen LogP contribution in [-0.4, -0.2) is 22.0 Å². The maximum atomic E-state index is 12.3. The van der Waals surface area contributed by atoms with Gasteiger partial charge in [0.15, 0.2) is 0 Å². The molecule has 0 saturated heterocycles. The molecule has 5 nitrogen and oxygen atoms in total. The SMILES string of the molecule is O=C(O)[C@H]1[C@H]2CC[C@H](C2)[C@@H]1C(=O)NCc1ccccn1. The van der Waals surface area contributed by atoms with Gasteiger partial charge in [0, 0.05) is 6.20 Å². The molecule has 106 valence electrons. The number of hydrogen-bond acceptors (Lipinski definition) is 3. The van der Waals surface area contributed by atoms with Crippen molar-refractivity contribution in [2.45, 2.75) is 25.8 Å². The third-order valence-corrected chi connectivity index (χ3v) is 4.67. The molecule has 4 atom stereocenters. The van der Waals surface area contributed by atoms with E-state index in [1.807, 2.05) is 18.2 Å². The minimum atomic E-state index is -0.824. The van der Waals surface area contributed by atoms with Crippen LogP contribution in [-0.2, 0) is 16.1 Å². The third kappa shape index (κ3) is 2.28. The van der Waals surface area contributed by atoms with E-state index in [1.165, 1.54) is 0 Å². The van der Waals surface area contributed by atoms with Crippen LogP contribution in [0.15, 0.2) is 24.4 Å². The van der Waals surface area contributed by atoms with Gasteiger partial charge >= 0.3 is 5.97 Å². The van der Waals surface area contributed by atoms with Gasteiger partial charge < -0.3 is 10.4 Å². The number of nitrogens with one attached hydrogen (secondary N) is 1. The van der Waals surface area contributed by atoms with Gasteiger partial charge in [0.2, 0.25) is 5.91 Å². The van der Waals surface area contributed by atoms with E-state index in [0.29, 0.717) is 6.54 Å². The summed E-state index contributed by atoms with van der Waals surface area (Å²) in [6, 6.07) is 5.53. The second kappa shape index (κ2) is 5.23. The summed E-state index contributed by atoms with van der Waals surface area (Å²) in [7, 11) is 0. The van der Waals surface area contributed by atoms with Crippen molar-refractivity contribution in [1.82, 2.24) is 10.3 Å². The molecule has 2 aliphatic carbocycles. The monoisotopic (exact) mass is 274 g/mol. The molecule has 3 rings (SSSR count). The van der Waals surface area contributed by atoms with Gasteiger partial charge in [-0.05, 0) is 43.2 Å². The first-order chi connectivity index (χ1) is 9.66. The lowest BCUT2D eigenvalue weighted by molar-refractivity contribution is -0.149. The predicted molar refractivity (Wildman–Crippen MR) is 71.5 cm³/mol. The zero-order chi connectivity index (χ0) is 14.1. The van der Waals surface area contributed by atoms with Crippen LogP contribution < -0.4 is 5.32 Å². The Morgan fingerprint density at radius 1 is 1.25 bits per heavy atom. The van der Waals surface area contributed by atoms with E-state index in [0.717, 1.165) is 25.0 Å². The summed E-state index contributed by atoms with van der Waals surface area (Å²) < 4.78 is 0. The number of nitrogens with zero attached hydrogens (tertiary/aromatic N) is 1. The maximum Gasteiger partial charge on any atom is 0.307 e. The highest BCUT2D eigenvalue weighted by molar-refractivity contribution is 5.86. The molecular formula is C15H18N2O3. The van der Waals surface area contributed by atoms with Crippen molar-refractivity contribution in [1.29, 1.82) is 0 Å². The summed E-state index contributed by atoms with van der Waals surface area (Å²) in [6.07, 6.45) is 4.50. The molecule has 1 aromatic heterocycles. The van der Waals surface area contributed by atoms with Crippen molar-refractivity contribution in [2.75, 3.05) is 0 Å². The Morgan fingerprint density at radius 2 is 2.00 bits per heavy atom. The van der Waals surface area contributed by atoms with Crippen LogP contribution >= 0.6 is 0 Å². The zero-order valence-corrected chi connectivity index (χ0v) is 11.2. The predicted octanol–water partition coefficient (Wildman–Crippen LogP) is 1.44. The molecule has 0 aromatic carbocycles. The Bertz CT molecular complexity index is 517. The molecule has 1 heterocycles. The fourth-order valence-corrected chi connectivity index (χ4v) is 3.82. The Labute approximate surface area is 117 Å². The average Bonchev–Trinajstić information content (AvgIpc) is 3.06. The molecule has 0 radical (unpaired) electrons. The highest BCUT2D eigenvalue weighted by Crippen LogP contribution is 2.52. The van der Waals surface area contributed by atoms with Crippen LogP contribution in [0.1, 0.15) is 25.0 Å². The van der Waals surface area contributed by atoms with Gasteiger partial charge in [-0.2, -0.15) is 0 Å². The summed E-state index contributed by atoms with van der Waals surface area (Å²) >= 11 is 0. The van der Waals surface area contributed by atoms with Crippen molar-refractivity contribution in [3.8, 4) is 0 Å². The summed E-state index contributed by atoms with van der Waals surface area (Å²) in [6.45, 7) is 0.361. The van der Waals surface area contributed by atoms with Gasteiger partial charge in [0.1, 0.15) is 0 Å². The number of carboxylic acid groups (broad SMARTS) is 1. The van der Waals surface area contributed by atoms with Gasteiger partial charge in [-0.25, -0.2) is 0 Å². The van der Waals surface area contributed by atoms with Crippen molar-refractivity contribution < 1.29 is 14.7 Å². The van der Waals surface area contributed by atoms with Gasteiger partial charge in [-0.15, -0.1) is 0 Å². The minimum absolute atomic E-state index is 0.129. The summed E-state index contributed by atoms with van der Waals surface area (Å²) in [4.78, 5) is 27.9. The molecular weight excluding hydrogens is 256 g/mol. The van der Waals surface area contributed by atoms with Crippen LogP contribution in [0.4, 0.5) is 0 Å². The fraction of sp³-hybridized carbons (Fsp3) is 0.533. The zero-order valence-electron chi connectivity index (χ0n) is 11.2. The van der Waals surface area contributed by atoms with Crippen molar-refractivity contribution in [3.63, 3.8) is 0 Å². The van der Waals surface area contributed by atoms with E-state index in [2.05, 4.69) is 10.3 Å². The summed E-state index contributed by atoms with van der Waals surface area (Å²) in [5, 5.41) is 12.2. The highest BCUT2D eigenvalue weighted by atomic mass is 16.4. The van der Waals surface area contributed by atoms with Gasteiger partial charge in [0.05, 0.1) is 24.1 Å². The van der Waals surface area contributed by atoms with Crippen molar-refractivity contribution >= 4 is 11.9 Å². The van der Waals surface area contributed by atoms with Crippen LogP contribution in [0.2, 0.25) is 0 Å². The first-order valence-corrected chi connectivity index (χ1v) is 7.07. The number of carboxylic acids is 1. The molecule has 0 spiro atoms. The van der Waals surface area contributed by atoms with Crippen molar-refractivity contribution in [2.24, 2.45) is 23.7 Å². The Hall–Kier alpha value is -1.91.